The van der Waals surface area contributed by atoms with Gasteiger partial charge in [-0.15, -0.1) is 22.9 Å². The molecule has 5 heteroatoms. The van der Waals surface area contributed by atoms with Crippen LogP contribution in [0, 0.1) is 0 Å². The lowest BCUT2D eigenvalue weighted by Crippen LogP contribution is -2.37. The van der Waals surface area contributed by atoms with Crippen LogP contribution in [0.1, 0.15) is 43.9 Å². The molecule has 1 aromatic rings. The van der Waals surface area contributed by atoms with Crippen LogP contribution in [0.25, 0.3) is 0 Å². The smallest absolute Gasteiger partial charge is 0.110 e. The molecule has 18 heavy (non-hydrogen) atoms. The van der Waals surface area contributed by atoms with Crippen LogP contribution in [0.4, 0.5) is 0 Å². The molecule has 104 valence electrons. The molecule has 3 nitrogen and oxygen atoms in total. The largest absolute Gasteiger partial charge is 0.383 e. The molecule has 0 amide bonds. The van der Waals surface area contributed by atoms with Gasteiger partial charge in [-0.05, 0) is 20.3 Å². The summed E-state index contributed by atoms with van der Waals surface area (Å²) in [4.78, 5) is 7.06. The molecular weight excluding hydrogens is 268 g/mol. The van der Waals surface area contributed by atoms with Gasteiger partial charge in [0.2, 0.25) is 0 Å². The van der Waals surface area contributed by atoms with Crippen LogP contribution in [0.3, 0.4) is 0 Å². The van der Waals surface area contributed by atoms with Crippen LogP contribution in [0.15, 0.2) is 5.38 Å². The number of alkyl halides is 1. The molecule has 0 aliphatic heterocycles. The Kier molecular flexibility index (Phi) is 7.15. The van der Waals surface area contributed by atoms with Gasteiger partial charge in [0, 0.05) is 25.1 Å². The van der Waals surface area contributed by atoms with Crippen LogP contribution in [-0.2, 0) is 10.6 Å². The molecule has 0 N–H and O–H groups in total. The number of nitrogens with zero attached hydrogens (tertiary/aromatic N) is 2. The summed E-state index contributed by atoms with van der Waals surface area (Å²) in [5.41, 5.74) is 0.977. The molecule has 0 saturated carbocycles. The van der Waals surface area contributed by atoms with Crippen molar-refractivity contribution in [2.24, 2.45) is 0 Å². The van der Waals surface area contributed by atoms with E-state index in [4.69, 9.17) is 16.3 Å². The van der Waals surface area contributed by atoms with Crippen molar-refractivity contribution in [1.82, 2.24) is 9.88 Å². The Hall–Kier alpha value is -0.160. The highest BCUT2D eigenvalue weighted by atomic mass is 35.5. The van der Waals surface area contributed by atoms with Crippen LogP contribution < -0.4 is 0 Å². The molecule has 0 aliphatic carbocycles. The highest BCUT2D eigenvalue weighted by Gasteiger charge is 2.23. The first-order valence-corrected chi connectivity index (χ1v) is 7.80. The van der Waals surface area contributed by atoms with Crippen LogP contribution in [0.2, 0.25) is 0 Å². The van der Waals surface area contributed by atoms with Gasteiger partial charge in [0.1, 0.15) is 5.01 Å². The Balaban J connectivity index is 2.83. The van der Waals surface area contributed by atoms with Gasteiger partial charge in [-0.2, -0.15) is 0 Å². The highest BCUT2D eigenvalue weighted by molar-refractivity contribution is 7.09. The Morgan fingerprint density at radius 1 is 1.50 bits per heavy atom. The van der Waals surface area contributed by atoms with Crippen molar-refractivity contribution in [3.05, 3.63) is 16.1 Å². The van der Waals surface area contributed by atoms with E-state index >= 15 is 0 Å². The molecule has 0 radical (unpaired) electrons. The van der Waals surface area contributed by atoms with Gasteiger partial charge < -0.3 is 4.74 Å². The lowest BCUT2D eigenvalue weighted by molar-refractivity contribution is 0.0932. The number of hydrogen-bond donors (Lipinski definition) is 0. The number of methoxy groups -OCH3 is 1. The number of thiazole rings is 1. The summed E-state index contributed by atoms with van der Waals surface area (Å²) in [7, 11) is 1.74. The van der Waals surface area contributed by atoms with Crippen LogP contribution >= 0.6 is 22.9 Å². The van der Waals surface area contributed by atoms with Crippen molar-refractivity contribution in [2.75, 3.05) is 20.3 Å². The zero-order valence-electron chi connectivity index (χ0n) is 11.6. The summed E-state index contributed by atoms with van der Waals surface area (Å²) in [5.74, 6) is 0.493. The second-order valence-electron chi connectivity index (χ2n) is 4.56. The minimum absolute atomic E-state index is 0.363. The predicted octanol–water partition coefficient (Wildman–Crippen LogP) is 3.69. The summed E-state index contributed by atoms with van der Waals surface area (Å²) in [6.07, 6.45) is 1.05. The van der Waals surface area contributed by atoms with E-state index in [-0.39, 0.29) is 0 Å². The van der Waals surface area contributed by atoms with Crippen molar-refractivity contribution in [2.45, 2.75) is 45.2 Å². The van der Waals surface area contributed by atoms with Crippen LogP contribution in [0.5, 0.6) is 0 Å². The molecule has 1 rings (SSSR count). The molecule has 0 spiro atoms. The molecule has 0 fully saturated rings. The second-order valence-corrected chi connectivity index (χ2v) is 5.72. The van der Waals surface area contributed by atoms with Gasteiger partial charge >= 0.3 is 0 Å². The zero-order chi connectivity index (χ0) is 13.5. The molecule has 1 atom stereocenters. The summed E-state index contributed by atoms with van der Waals surface area (Å²) < 4.78 is 5.20. The van der Waals surface area contributed by atoms with Gasteiger partial charge in [-0.25, -0.2) is 4.98 Å². The first kappa shape index (κ1) is 15.9. The molecule has 1 heterocycles. The van der Waals surface area contributed by atoms with Gasteiger partial charge in [0.25, 0.3) is 0 Å². The van der Waals surface area contributed by atoms with E-state index in [2.05, 4.69) is 36.0 Å². The first-order valence-electron chi connectivity index (χ1n) is 6.38. The summed E-state index contributed by atoms with van der Waals surface area (Å²) >= 11 is 7.53. The standard InChI is InChI=1S/C13H23ClN2OS/c1-5-12(13-15-11(8-14)9-18-13)16(10(2)3)6-7-17-4/h9-10,12H,5-8H2,1-4H3. The lowest BCUT2D eigenvalue weighted by atomic mass is 10.1. The third-order valence-electron chi connectivity index (χ3n) is 3.00. The van der Waals surface area contributed by atoms with Crippen LogP contribution in [-0.4, -0.2) is 36.2 Å². The summed E-state index contributed by atoms with van der Waals surface area (Å²) in [6.45, 7) is 8.32. The Morgan fingerprint density at radius 3 is 2.67 bits per heavy atom. The zero-order valence-corrected chi connectivity index (χ0v) is 13.2. The van der Waals surface area contributed by atoms with Gasteiger partial charge in [-0.1, -0.05) is 6.92 Å². The highest BCUT2D eigenvalue weighted by Crippen LogP contribution is 2.29. The number of ether oxygens (including phenoxy) is 1. The maximum absolute atomic E-state index is 5.82. The number of rotatable bonds is 8. The molecule has 0 bridgehead atoms. The number of hydrogen-bond acceptors (Lipinski definition) is 4. The number of aromatic nitrogens is 1. The predicted molar refractivity (Wildman–Crippen MR) is 78.4 cm³/mol. The molecule has 0 aliphatic rings. The Bertz CT molecular complexity index is 343. The van der Waals surface area contributed by atoms with E-state index in [0.29, 0.717) is 18.0 Å². The van der Waals surface area contributed by atoms with Gasteiger partial charge in [-0.3, -0.25) is 4.90 Å². The van der Waals surface area contributed by atoms with Crippen molar-refractivity contribution in [3.63, 3.8) is 0 Å². The third kappa shape index (κ3) is 4.19. The van der Waals surface area contributed by atoms with Crippen molar-refractivity contribution in [1.29, 1.82) is 0 Å². The SMILES string of the molecule is CCC(c1nc(CCl)cs1)N(CCOC)C(C)C. The van der Waals surface area contributed by atoms with E-state index in [1.54, 1.807) is 18.4 Å². The molecule has 1 unspecified atom stereocenters. The fourth-order valence-electron chi connectivity index (χ4n) is 2.06. The average molecular weight is 291 g/mol. The minimum atomic E-state index is 0.363. The maximum atomic E-state index is 5.82. The van der Waals surface area contributed by atoms with E-state index in [1.165, 1.54) is 0 Å². The topological polar surface area (TPSA) is 25.4 Å². The maximum Gasteiger partial charge on any atom is 0.110 e. The second kappa shape index (κ2) is 8.10. The summed E-state index contributed by atoms with van der Waals surface area (Å²) in [5, 5.41) is 3.22. The third-order valence-corrected chi connectivity index (χ3v) is 4.26. The fourth-order valence-corrected chi connectivity index (χ4v) is 3.31. The molecule has 0 saturated heterocycles. The van der Waals surface area contributed by atoms with E-state index in [1.807, 2.05) is 0 Å². The van der Waals surface area contributed by atoms with E-state index in [9.17, 15) is 0 Å². The Morgan fingerprint density at radius 2 is 2.22 bits per heavy atom. The monoisotopic (exact) mass is 290 g/mol. The average Bonchev–Trinajstić information content (AvgIpc) is 2.82. The first-order chi connectivity index (χ1) is 8.63. The molecule has 0 aromatic carbocycles. The fraction of sp³-hybridized carbons (Fsp3) is 0.769. The van der Waals surface area contributed by atoms with Crippen molar-refractivity contribution >= 4 is 22.9 Å². The van der Waals surface area contributed by atoms with Crippen molar-refractivity contribution in [3.8, 4) is 0 Å². The summed E-state index contributed by atoms with van der Waals surface area (Å²) in [6, 6.07) is 0.843. The molecular formula is C13H23ClN2OS. The van der Waals surface area contributed by atoms with E-state index < -0.39 is 0 Å². The Labute approximate surface area is 119 Å². The van der Waals surface area contributed by atoms with Crippen molar-refractivity contribution < 1.29 is 4.74 Å². The van der Waals surface area contributed by atoms with Gasteiger partial charge in [0.05, 0.1) is 24.2 Å². The normalized spacial score (nSPS) is 13.5. The van der Waals surface area contributed by atoms with Gasteiger partial charge in [0.15, 0.2) is 0 Å². The lowest BCUT2D eigenvalue weighted by Gasteiger charge is -2.33. The quantitative estimate of drug-likeness (QED) is 0.683. The molecule has 1 aromatic heterocycles. The van der Waals surface area contributed by atoms with E-state index in [0.717, 1.165) is 30.3 Å². The number of halogens is 1. The minimum Gasteiger partial charge on any atom is -0.383 e.